The first-order valence-electron chi connectivity index (χ1n) is 6.44. The Morgan fingerprint density at radius 3 is 2.38 bits per heavy atom. The second-order valence-electron chi connectivity index (χ2n) is 5.64. The third kappa shape index (κ3) is 7.02. The van der Waals surface area contributed by atoms with E-state index in [1.807, 2.05) is 6.08 Å². The van der Waals surface area contributed by atoms with Gasteiger partial charge in [-0.25, -0.2) is 0 Å². The molecule has 0 bridgehead atoms. The van der Waals surface area contributed by atoms with Crippen molar-refractivity contribution in [1.29, 1.82) is 0 Å². The van der Waals surface area contributed by atoms with Crippen LogP contribution in [0.3, 0.4) is 0 Å². The molecule has 16 heavy (non-hydrogen) atoms. The number of hydrogen-bond acceptors (Lipinski definition) is 2. The van der Waals surface area contributed by atoms with Gasteiger partial charge in [0, 0.05) is 12.6 Å². The molecule has 0 amide bonds. The van der Waals surface area contributed by atoms with E-state index in [4.69, 9.17) is 0 Å². The van der Waals surface area contributed by atoms with Gasteiger partial charge < -0.3 is 10.4 Å². The lowest BCUT2D eigenvalue weighted by Crippen LogP contribution is -2.41. The minimum Gasteiger partial charge on any atom is -0.391 e. The highest BCUT2D eigenvalue weighted by molar-refractivity contribution is 4.79. The first-order valence-corrected chi connectivity index (χ1v) is 6.44. The van der Waals surface area contributed by atoms with Crippen LogP contribution < -0.4 is 5.32 Å². The van der Waals surface area contributed by atoms with Gasteiger partial charge in [0.25, 0.3) is 0 Å². The zero-order valence-corrected chi connectivity index (χ0v) is 11.4. The molecule has 0 aromatic carbocycles. The Labute approximate surface area is 101 Å². The molecule has 0 saturated carbocycles. The Kier molecular flexibility index (Phi) is 7.69. The van der Waals surface area contributed by atoms with Crippen LogP contribution in [0.1, 0.15) is 53.4 Å². The fourth-order valence-electron chi connectivity index (χ4n) is 1.60. The summed E-state index contributed by atoms with van der Waals surface area (Å²) in [6.45, 7) is 12.8. The maximum atomic E-state index is 9.95. The average molecular weight is 227 g/mol. The fourth-order valence-corrected chi connectivity index (χ4v) is 1.60. The van der Waals surface area contributed by atoms with Gasteiger partial charge in [0.2, 0.25) is 0 Å². The number of allylic oxidation sites excluding steroid dienone is 1. The summed E-state index contributed by atoms with van der Waals surface area (Å²) >= 11 is 0. The molecule has 2 nitrogen and oxygen atoms in total. The van der Waals surface area contributed by atoms with Crippen LogP contribution in [0, 0.1) is 5.41 Å². The molecule has 2 N–H and O–H groups in total. The smallest absolute Gasteiger partial charge is 0.0712 e. The van der Waals surface area contributed by atoms with Crippen molar-refractivity contribution in [3.8, 4) is 0 Å². The summed E-state index contributed by atoms with van der Waals surface area (Å²) in [7, 11) is 0. The van der Waals surface area contributed by atoms with Crippen molar-refractivity contribution in [2.24, 2.45) is 5.41 Å². The van der Waals surface area contributed by atoms with Crippen molar-refractivity contribution < 1.29 is 5.11 Å². The summed E-state index contributed by atoms with van der Waals surface area (Å²) in [5.41, 5.74) is -0.0395. The third-order valence-corrected chi connectivity index (χ3v) is 2.96. The van der Waals surface area contributed by atoms with Crippen LogP contribution in [0.15, 0.2) is 12.7 Å². The standard InChI is InChI=1S/C14H29NO/c1-6-8-10-12(9-7-2)15-11-13(16)14(3,4)5/h6,12-13,15-16H,1,7-11H2,2-5H3. The van der Waals surface area contributed by atoms with Gasteiger partial charge in [0.1, 0.15) is 0 Å². The van der Waals surface area contributed by atoms with Crippen molar-refractivity contribution in [2.45, 2.75) is 65.5 Å². The summed E-state index contributed by atoms with van der Waals surface area (Å²) in [5, 5.41) is 13.4. The normalized spacial score (nSPS) is 15.8. The lowest BCUT2D eigenvalue weighted by atomic mass is 9.89. The lowest BCUT2D eigenvalue weighted by Gasteiger charge is -2.28. The van der Waals surface area contributed by atoms with E-state index in [1.54, 1.807) is 0 Å². The Morgan fingerprint density at radius 2 is 1.94 bits per heavy atom. The highest BCUT2D eigenvalue weighted by Gasteiger charge is 2.22. The van der Waals surface area contributed by atoms with Crippen LogP contribution in [0.5, 0.6) is 0 Å². The van der Waals surface area contributed by atoms with E-state index >= 15 is 0 Å². The molecular formula is C14H29NO. The molecule has 0 aromatic heterocycles. The Morgan fingerprint density at radius 1 is 1.31 bits per heavy atom. The third-order valence-electron chi connectivity index (χ3n) is 2.96. The van der Waals surface area contributed by atoms with Crippen molar-refractivity contribution in [2.75, 3.05) is 6.54 Å². The minimum absolute atomic E-state index is 0.0395. The fraction of sp³-hybridized carbons (Fsp3) is 0.857. The van der Waals surface area contributed by atoms with E-state index in [-0.39, 0.29) is 11.5 Å². The highest BCUT2D eigenvalue weighted by Crippen LogP contribution is 2.18. The van der Waals surface area contributed by atoms with E-state index in [0.29, 0.717) is 12.6 Å². The quantitative estimate of drug-likeness (QED) is 0.624. The van der Waals surface area contributed by atoms with Crippen LogP contribution in [0.4, 0.5) is 0 Å². The monoisotopic (exact) mass is 227 g/mol. The van der Waals surface area contributed by atoms with Gasteiger partial charge in [-0.2, -0.15) is 0 Å². The second kappa shape index (κ2) is 7.86. The van der Waals surface area contributed by atoms with Crippen LogP contribution in [-0.4, -0.2) is 23.8 Å². The summed E-state index contributed by atoms with van der Waals surface area (Å²) in [6, 6.07) is 0.514. The zero-order chi connectivity index (χ0) is 12.6. The van der Waals surface area contributed by atoms with Crippen molar-refractivity contribution in [1.82, 2.24) is 5.32 Å². The first-order chi connectivity index (χ1) is 7.41. The largest absolute Gasteiger partial charge is 0.391 e. The molecule has 0 spiro atoms. The second-order valence-corrected chi connectivity index (χ2v) is 5.64. The molecule has 2 heteroatoms. The topological polar surface area (TPSA) is 32.3 Å². The number of aliphatic hydroxyl groups is 1. The summed E-state index contributed by atoms with van der Waals surface area (Å²) in [4.78, 5) is 0. The molecule has 96 valence electrons. The maximum absolute atomic E-state index is 9.95. The van der Waals surface area contributed by atoms with Gasteiger partial charge in [-0.05, 0) is 24.7 Å². The highest BCUT2D eigenvalue weighted by atomic mass is 16.3. The van der Waals surface area contributed by atoms with E-state index in [1.165, 1.54) is 12.8 Å². The molecule has 0 aromatic rings. The predicted octanol–water partition coefficient (Wildman–Crippen LogP) is 3.12. The predicted molar refractivity (Wildman–Crippen MR) is 71.6 cm³/mol. The van der Waals surface area contributed by atoms with E-state index in [2.05, 4.69) is 39.6 Å². The van der Waals surface area contributed by atoms with Gasteiger partial charge in [0.15, 0.2) is 0 Å². The minimum atomic E-state index is -0.282. The molecule has 0 aliphatic carbocycles. The summed E-state index contributed by atoms with van der Waals surface area (Å²) < 4.78 is 0. The van der Waals surface area contributed by atoms with Crippen LogP contribution >= 0.6 is 0 Å². The lowest BCUT2D eigenvalue weighted by molar-refractivity contribution is 0.0598. The molecule has 0 fully saturated rings. The zero-order valence-electron chi connectivity index (χ0n) is 11.4. The summed E-state index contributed by atoms with van der Waals surface area (Å²) in [5.74, 6) is 0. The van der Waals surface area contributed by atoms with Crippen LogP contribution in [0.25, 0.3) is 0 Å². The first kappa shape index (κ1) is 15.7. The van der Waals surface area contributed by atoms with Crippen molar-refractivity contribution >= 4 is 0 Å². The number of aliphatic hydroxyl groups excluding tert-OH is 1. The molecule has 0 radical (unpaired) electrons. The number of hydrogen-bond donors (Lipinski definition) is 2. The molecule has 0 aliphatic rings. The van der Waals surface area contributed by atoms with Crippen LogP contribution in [-0.2, 0) is 0 Å². The van der Waals surface area contributed by atoms with Crippen molar-refractivity contribution in [3.63, 3.8) is 0 Å². The van der Waals surface area contributed by atoms with Gasteiger partial charge in [0.05, 0.1) is 6.10 Å². The average Bonchev–Trinajstić information content (AvgIpc) is 2.20. The Balaban J connectivity index is 3.95. The van der Waals surface area contributed by atoms with Gasteiger partial charge in [-0.3, -0.25) is 0 Å². The van der Waals surface area contributed by atoms with Gasteiger partial charge in [-0.1, -0.05) is 40.2 Å². The van der Waals surface area contributed by atoms with Crippen LogP contribution in [0.2, 0.25) is 0 Å². The molecule has 0 saturated heterocycles. The van der Waals surface area contributed by atoms with Gasteiger partial charge in [-0.15, -0.1) is 6.58 Å². The van der Waals surface area contributed by atoms with Gasteiger partial charge >= 0.3 is 0 Å². The Hall–Kier alpha value is -0.340. The molecule has 2 unspecified atom stereocenters. The SMILES string of the molecule is C=CCCC(CCC)NCC(O)C(C)(C)C. The molecular weight excluding hydrogens is 198 g/mol. The molecule has 0 rings (SSSR count). The maximum Gasteiger partial charge on any atom is 0.0712 e. The Bertz CT molecular complexity index is 184. The van der Waals surface area contributed by atoms with E-state index < -0.39 is 0 Å². The van der Waals surface area contributed by atoms with E-state index in [9.17, 15) is 5.11 Å². The number of rotatable bonds is 8. The molecule has 2 atom stereocenters. The summed E-state index contributed by atoms with van der Waals surface area (Å²) in [6.07, 6.45) is 6.20. The van der Waals surface area contributed by atoms with Crippen molar-refractivity contribution in [3.05, 3.63) is 12.7 Å². The number of nitrogens with one attached hydrogen (secondary N) is 1. The molecule has 0 heterocycles. The molecule has 0 aliphatic heterocycles. The van der Waals surface area contributed by atoms with E-state index in [0.717, 1.165) is 12.8 Å².